The molecule has 1 aliphatic rings. The van der Waals surface area contributed by atoms with Crippen molar-refractivity contribution in [3.05, 3.63) is 47.9 Å². The van der Waals surface area contributed by atoms with Crippen molar-refractivity contribution in [1.82, 2.24) is 19.6 Å². The third kappa shape index (κ3) is 5.88. The van der Waals surface area contributed by atoms with E-state index in [1.54, 1.807) is 6.20 Å². The van der Waals surface area contributed by atoms with Gasteiger partial charge >= 0.3 is 0 Å². The Morgan fingerprint density at radius 1 is 1.27 bits per heavy atom. The molecule has 9 heteroatoms. The molecule has 3 aromatic heterocycles. The van der Waals surface area contributed by atoms with E-state index in [2.05, 4.69) is 59.0 Å². The van der Waals surface area contributed by atoms with Crippen molar-refractivity contribution in [2.75, 3.05) is 23.4 Å². The van der Waals surface area contributed by atoms with Gasteiger partial charge < -0.3 is 14.6 Å². The maximum absolute atomic E-state index is 6.20. The van der Waals surface area contributed by atoms with Crippen LogP contribution in [-0.2, 0) is 17.4 Å². The number of anilines is 2. The van der Waals surface area contributed by atoms with Gasteiger partial charge in [0.1, 0.15) is 11.6 Å². The molecule has 0 bridgehead atoms. The van der Waals surface area contributed by atoms with E-state index in [1.165, 1.54) is 0 Å². The molecule has 1 N–H and O–H groups in total. The fraction of sp³-hybridized carbons (Fsp3) is 0.542. The Hall–Kier alpha value is -2.10. The third-order valence-corrected chi connectivity index (χ3v) is 7.77. The van der Waals surface area contributed by atoms with Crippen molar-refractivity contribution >= 4 is 38.2 Å². The molecule has 4 rings (SSSR count). The smallest absolute Gasteiger partial charge is 0.183 e. The van der Waals surface area contributed by atoms with Crippen LogP contribution in [0.5, 0.6) is 0 Å². The fourth-order valence-electron chi connectivity index (χ4n) is 4.37. The molecule has 3 aromatic rings. The van der Waals surface area contributed by atoms with Crippen LogP contribution in [0.25, 0.3) is 5.65 Å². The van der Waals surface area contributed by atoms with Crippen LogP contribution in [0.1, 0.15) is 37.3 Å². The molecular weight excluding hydrogens is 448 g/mol. The van der Waals surface area contributed by atoms with Crippen molar-refractivity contribution in [3.63, 3.8) is 0 Å². The second-order valence-electron chi connectivity index (χ2n) is 9.69. The molecule has 0 saturated carbocycles. The Kier molecular flexibility index (Phi) is 7.60. The summed E-state index contributed by atoms with van der Waals surface area (Å²) in [6.45, 7) is 11.3. The summed E-state index contributed by atoms with van der Waals surface area (Å²) in [4.78, 5) is 11.8. The Bertz CT molecular complexity index is 1050. The van der Waals surface area contributed by atoms with Gasteiger partial charge in [0.15, 0.2) is 14.0 Å². The van der Waals surface area contributed by atoms with Gasteiger partial charge in [0.05, 0.1) is 6.20 Å². The summed E-state index contributed by atoms with van der Waals surface area (Å²) in [5.41, 5.74) is 3.20. The number of nitrogens with one attached hydrogen (secondary N) is 1. The molecule has 4 heterocycles. The minimum atomic E-state index is -1.54. The minimum Gasteiger partial charge on any atom is -0.418 e. The van der Waals surface area contributed by atoms with Gasteiger partial charge in [0.25, 0.3) is 0 Å². The van der Waals surface area contributed by atoms with Gasteiger partial charge in [-0.1, -0.05) is 13.0 Å². The lowest BCUT2D eigenvalue weighted by atomic mass is 9.99. The molecule has 2 unspecified atom stereocenters. The molecule has 33 heavy (non-hydrogen) atoms. The molecule has 0 aromatic carbocycles. The predicted octanol–water partition coefficient (Wildman–Crippen LogP) is 4.81. The molecular formula is C24H36N6OSSi. The van der Waals surface area contributed by atoms with E-state index < -0.39 is 8.32 Å². The highest BCUT2D eigenvalue weighted by Crippen LogP contribution is 2.31. The first-order valence-electron chi connectivity index (χ1n) is 11.9. The molecule has 0 radical (unpaired) electrons. The first-order valence-corrected chi connectivity index (χ1v) is 15.9. The van der Waals surface area contributed by atoms with E-state index in [0.29, 0.717) is 17.8 Å². The fourth-order valence-corrected chi connectivity index (χ4v) is 5.59. The summed E-state index contributed by atoms with van der Waals surface area (Å²) in [6, 6.07) is 6.47. The number of aryl methyl sites for hydroxylation is 1. The Morgan fingerprint density at radius 3 is 2.85 bits per heavy atom. The van der Waals surface area contributed by atoms with Crippen molar-refractivity contribution in [2.45, 2.75) is 70.1 Å². The number of pyridine rings is 1. The number of rotatable bonds is 9. The topological polar surface area (TPSA) is 67.6 Å². The van der Waals surface area contributed by atoms with Crippen molar-refractivity contribution in [1.29, 1.82) is 0 Å². The van der Waals surface area contributed by atoms with E-state index in [-0.39, 0.29) is 0 Å². The highest BCUT2D eigenvalue weighted by atomic mass is 32.1. The van der Waals surface area contributed by atoms with E-state index in [1.807, 2.05) is 23.0 Å². The largest absolute Gasteiger partial charge is 0.418 e. The van der Waals surface area contributed by atoms with Crippen LogP contribution in [0.2, 0.25) is 19.6 Å². The molecule has 0 amide bonds. The second kappa shape index (κ2) is 10.4. The zero-order chi connectivity index (χ0) is 23.4. The Morgan fingerprint density at radius 2 is 2.12 bits per heavy atom. The van der Waals surface area contributed by atoms with E-state index >= 15 is 0 Å². The second-order valence-corrected chi connectivity index (χ2v) is 14.9. The zero-order valence-electron chi connectivity index (χ0n) is 20.2. The maximum atomic E-state index is 6.20. The van der Waals surface area contributed by atoms with Crippen LogP contribution >= 0.6 is 12.6 Å². The SMILES string of the molecule is CCc1cnn2c(NCc3cccnc3)cc(N3CCCC(S)C3CCO[Si](C)(C)C)nc12. The summed E-state index contributed by atoms with van der Waals surface area (Å²) in [7, 11) is -1.54. The van der Waals surface area contributed by atoms with Gasteiger partial charge in [-0.05, 0) is 57.0 Å². The maximum Gasteiger partial charge on any atom is 0.183 e. The van der Waals surface area contributed by atoms with Gasteiger partial charge in [0.2, 0.25) is 0 Å². The van der Waals surface area contributed by atoms with E-state index in [9.17, 15) is 0 Å². The van der Waals surface area contributed by atoms with Crippen molar-refractivity contribution in [2.24, 2.45) is 0 Å². The standard InChI is InChI=1S/C24H36N6OSSi/c1-5-19-17-27-30-22(26-16-18-8-6-11-25-15-18)14-23(28-24(19)30)29-12-7-9-21(32)20(29)10-13-31-33(2,3)4/h6,8,11,14-15,17,20-21,26,32H,5,7,9-10,12-13,16H2,1-4H3. The number of hydrogen-bond acceptors (Lipinski definition) is 7. The zero-order valence-corrected chi connectivity index (χ0v) is 22.1. The molecule has 1 fully saturated rings. The number of piperidine rings is 1. The number of fused-ring (bicyclic) bond motifs is 1. The monoisotopic (exact) mass is 484 g/mol. The lowest BCUT2D eigenvalue weighted by Crippen LogP contribution is -2.47. The average molecular weight is 485 g/mol. The van der Waals surface area contributed by atoms with Crippen LogP contribution < -0.4 is 10.2 Å². The molecule has 0 aliphatic carbocycles. The van der Waals surface area contributed by atoms with Crippen LogP contribution in [0.4, 0.5) is 11.6 Å². The Labute approximate surface area is 203 Å². The molecule has 1 saturated heterocycles. The van der Waals surface area contributed by atoms with Crippen LogP contribution in [0.15, 0.2) is 36.8 Å². The third-order valence-electron chi connectivity index (χ3n) is 6.10. The van der Waals surface area contributed by atoms with Crippen LogP contribution in [0, 0.1) is 0 Å². The summed E-state index contributed by atoms with van der Waals surface area (Å²) in [5.74, 6) is 1.93. The van der Waals surface area contributed by atoms with E-state index in [4.69, 9.17) is 22.0 Å². The summed E-state index contributed by atoms with van der Waals surface area (Å²) < 4.78 is 8.12. The van der Waals surface area contributed by atoms with Gasteiger partial charge in [-0.2, -0.15) is 22.2 Å². The summed E-state index contributed by atoms with van der Waals surface area (Å²) in [5, 5.41) is 8.50. The van der Waals surface area contributed by atoms with E-state index in [0.717, 1.165) is 67.2 Å². The highest BCUT2D eigenvalue weighted by Gasteiger charge is 2.31. The number of hydrogen-bond donors (Lipinski definition) is 2. The average Bonchev–Trinajstić information content (AvgIpc) is 3.21. The summed E-state index contributed by atoms with van der Waals surface area (Å²) >= 11 is 4.97. The van der Waals surface area contributed by atoms with Gasteiger partial charge in [-0.3, -0.25) is 4.98 Å². The molecule has 7 nitrogen and oxygen atoms in total. The molecule has 178 valence electrons. The molecule has 2 atom stereocenters. The minimum absolute atomic E-state index is 0.299. The highest BCUT2D eigenvalue weighted by molar-refractivity contribution is 7.81. The predicted molar refractivity (Wildman–Crippen MR) is 141 cm³/mol. The van der Waals surface area contributed by atoms with Gasteiger partial charge in [-0.15, -0.1) is 0 Å². The summed E-state index contributed by atoms with van der Waals surface area (Å²) in [6.07, 6.45) is 9.71. The number of nitrogens with zero attached hydrogens (tertiary/aromatic N) is 5. The van der Waals surface area contributed by atoms with Crippen molar-refractivity contribution < 1.29 is 4.43 Å². The van der Waals surface area contributed by atoms with Gasteiger partial charge in [-0.25, -0.2) is 4.98 Å². The quantitative estimate of drug-likeness (QED) is 0.336. The first-order chi connectivity index (χ1) is 15.9. The number of thiol groups is 1. The van der Waals surface area contributed by atoms with Crippen LogP contribution in [-0.4, -0.2) is 52.3 Å². The molecule has 0 spiro atoms. The van der Waals surface area contributed by atoms with Gasteiger partial charge in [0, 0.05) is 55.0 Å². The lowest BCUT2D eigenvalue weighted by Gasteiger charge is -2.41. The van der Waals surface area contributed by atoms with Crippen LogP contribution in [0.3, 0.4) is 0 Å². The first kappa shape index (κ1) is 24.0. The van der Waals surface area contributed by atoms with Crippen molar-refractivity contribution in [3.8, 4) is 0 Å². The lowest BCUT2D eigenvalue weighted by molar-refractivity contribution is 0.279. The Balaban J connectivity index is 1.64. The molecule has 1 aliphatic heterocycles. The normalized spacial score (nSPS) is 19.2. The number of aromatic nitrogens is 4.